The molecule has 1 atom stereocenters. The lowest BCUT2D eigenvalue weighted by Crippen LogP contribution is -2.35. The number of rotatable bonds is 5. The normalized spacial score (nSPS) is 12.1. The van der Waals surface area contributed by atoms with Crippen LogP contribution in [0.5, 0.6) is 0 Å². The van der Waals surface area contributed by atoms with Crippen molar-refractivity contribution in [2.45, 2.75) is 26.0 Å². The maximum Gasteiger partial charge on any atom is 0.253 e. The van der Waals surface area contributed by atoms with Crippen LogP contribution in [0, 0.1) is 0 Å². The Morgan fingerprint density at radius 3 is 2.60 bits per heavy atom. The highest BCUT2D eigenvalue weighted by molar-refractivity contribution is 5.94. The van der Waals surface area contributed by atoms with Crippen LogP contribution in [0.2, 0.25) is 0 Å². The van der Waals surface area contributed by atoms with Gasteiger partial charge in [0, 0.05) is 12.7 Å². The lowest BCUT2D eigenvalue weighted by atomic mass is 10.2. The van der Waals surface area contributed by atoms with Crippen LogP contribution in [0.4, 0.5) is 0 Å². The van der Waals surface area contributed by atoms with E-state index >= 15 is 0 Å². The van der Waals surface area contributed by atoms with E-state index < -0.39 is 0 Å². The topological polar surface area (TPSA) is 38.3 Å². The lowest BCUT2D eigenvalue weighted by molar-refractivity contribution is 0.0536. The van der Waals surface area contributed by atoms with Gasteiger partial charge in [0.25, 0.3) is 5.91 Å². The number of ether oxygens (including phenoxy) is 1. The van der Waals surface area contributed by atoms with Crippen LogP contribution in [0.1, 0.15) is 30.1 Å². The van der Waals surface area contributed by atoms with E-state index in [2.05, 4.69) is 12.2 Å². The number of amides is 1. The van der Waals surface area contributed by atoms with Crippen LogP contribution in [0.3, 0.4) is 0 Å². The van der Waals surface area contributed by atoms with E-state index in [1.165, 1.54) is 0 Å². The Balaban J connectivity index is 2.55. The van der Waals surface area contributed by atoms with Crippen LogP contribution in [0.25, 0.3) is 0 Å². The maximum atomic E-state index is 11.7. The zero-order valence-corrected chi connectivity index (χ0v) is 9.19. The van der Waals surface area contributed by atoms with Crippen LogP contribution in [0.15, 0.2) is 30.3 Å². The summed E-state index contributed by atoms with van der Waals surface area (Å²) in [6.07, 6.45) is 1.62. The highest BCUT2D eigenvalue weighted by Gasteiger charge is 2.11. The molecule has 3 heteroatoms. The molecule has 1 amide bonds. The van der Waals surface area contributed by atoms with Gasteiger partial charge in [0.1, 0.15) is 6.23 Å². The first-order valence-corrected chi connectivity index (χ1v) is 5.16. The number of benzene rings is 1. The van der Waals surface area contributed by atoms with E-state index in [9.17, 15) is 4.79 Å². The summed E-state index contributed by atoms with van der Waals surface area (Å²) < 4.78 is 5.15. The Labute approximate surface area is 90.4 Å². The zero-order valence-electron chi connectivity index (χ0n) is 9.19. The van der Waals surface area contributed by atoms with Crippen LogP contribution in [-0.2, 0) is 4.74 Å². The van der Waals surface area contributed by atoms with E-state index in [4.69, 9.17) is 4.74 Å². The van der Waals surface area contributed by atoms with Gasteiger partial charge in [-0.1, -0.05) is 31.5 Å². The Morgan fingerprint density at radius 2 is 2.07 bits per heavy atom. The summed E-state index contributed by atoms with van der Waals surface area (Å²) in [4.78, 5) is 11.7. The highest BCUT2D eigenvalue weighted by atomic mass is 16.5. The first-order valence-electron chi connectivity index (χ1n) is 5.16. The van der Waals surface area contributed by atoms with Crippen molar-refractivity contribution in [3.63, 3.8) is 0 Å². The van der Waals surface area contributed by atoms with Gasteiger partial charge in [-0.3, -0.25) is 4.79 Å². The third kappa shape index (κ3) is 3.72. The molecular weight excluding hydrogens is 190 g/mol. The van der Waals surface area contributed by atoms with Gasteiger partial charge in [-0.2, -0.15) is 0 Å². The summed E-state index contributed by atoms with van der Waals surface area (Å²) >= 11 is 0. The molecule has 82 valence electrons. The fourth-order valence-electron chi connectivity index (χ4n) is 1.33. The van der Waals surface area contributed by atoms with Crippen LogP contribution in [-0.4, -0.2) is 19.2 Å². The molecule has 1 N–H and O–H groups in total. The molecule has 1 rings (SSSR count). The average molecular weight is 207 g/mol. The predicted octanol–water partition coefficient (Wildman–Crippen LogP) is 2.19. The van der Waals surface area contributed by atoms with Gasteiger partial charge in [-0.05, 0) is 18.6 Å². The smallest absolute Gasteiger partial charge is 0.253 e. The lowest BCUT2D eigenvalue weighted by Gasteiger charge is -2.16. The van der Waals surface area contributed by atoms with Crippen LogP contribution >= 0.6 is 0 Å². The number of carbonyl (C=O) groups is 1. The molecule has 0 aliphatic rings. The monoisotopic (exact) mass is 207 g/mol. The molecule has 0 spiro atoms. The van der Waals surface area contributed by atoms with Gasteiger partial charge in [0.2, 0.25) is 0 Å². The number of carbonyl (C=O) groups excluding carboxylic acids is 1. The molecular formula is C12H17NO2. The van der Waals surface area contributed by atoms with Crippen LogP contribution < -0.4 is 5.32 Å². The Kier molecular flexibility index (Phi) is 4.84. The molecule has 1 unspecified atom stereocenters. The molecule has 0 aromatic heterocycles. The fourth-order valence-corrected chi connectivity index (χ4v) is 1.33. The molecule has 3 nitrogen and oxygen atoms in total. The summed E-state index contributed by atoms with van der Waals surface area (Å²) in [5.41, 5.74) is 0.663. The Bertz CT molecular complexity index is 298. The van der Waals surface area contributed by atoms with Crippen molar-refractivity contribution in [1.29, 1.82) is 0 Å². The van der Waals surface area contributed by atoms with E-state index in [1.54, 1.807) is 19.2 Å². The third-order valence-electron chi connectivity index (χ3n) is 2.16. The van der Waals surface area contributed by atoms with Gasteiger partial charge in [0.05, 0.1) is 0 Å². The molecule has 1 aromatic carbocycles. The van der Waals surface area contributed by atoms with E-state index in [0.29, 0.717) is 5.56 Å². The molecule has 0 saturated carbocycles. The van der Waals surface area contributed by atoms with Crippen molar-refractivity contribution in [2.24, 2.45) is 0 Å². The van der Waals surface area contributed by atoms with Gasteiger partial charge < -0.3 is 10.1 Å². The quantitative estimate of drug-likeness (QED) is 0.752. The minimum atomic E-state index is -0.192. The van der Waals surface area contributed by atoms with Gasteiger partial charge in [0.15, 0.2) is 0 Å². The number of hydrogen-bond donors (Lipinski definition) is 1. The number of nitrogens with one attached hydrogen (secondary N) is 1. The minimum absolute atomic E-state index is 0.0871. The van der Waals surface area contributed by atoms with Gasteiger partial charge in [-0.15, -0.1) is 0 Å². The predicted molar refractivity (Wildman–Crippen MR) is 59.6 cm³/mol. The Hall–Kier alpha value is -1.35. The molecule has 0 bridgehead atoms. The second kappa shape index (κ2) is 6.19. The minimum Gasteiger partial charge on any atom is -0.362 e. The summed E-state index contributed by atoms with van der Waals surface area (Å²) in [5.74, 6) is -0.0871. The van der Waals surface area contributed by atoms with E-state index in [1.807, 2.05) is 18.2 Å². The first-order chi connectivity index (χ1) is 7.27. The summed E-state index contributed by atoms with van der Waals surface area (Å²) in [5, 5.41) is 2.82. The van der Waals surface area contributed by atoms with Crippen molar-refractivity contribution in [1.82, 2.24) is 5.32 Å². The maximum absolute atomic E-state index is 11.7. The van der Waals surface area contributed by atoms with Crippen molar-refractivity contribution in [3.05, 3.63) is 35.9 Å². The highest BCUT2D eigenvalue weighted by Crippen LogP contribution is 2.02. The molecule has 0 aliphatic heterocycles. The summed E-state index contributed by atoms with van der Waals surface area (Å²) in [7, 11) is 1.60. The van der Waals surface area contributed by atoms with Crippen molar-refractivity contribution in [3.8, 4) is 0 Å². The summed E-state index contributed by atoms with van der Waals surface area (Å²) in [6, 6.07) is 9.14. The average Bonchev–Trinajstić information content (AvgIpc) is 2.29. The SMILES string of the molecule is CCCC(NC(=O)c1ccccc1)OC. The first kappa shape index (κ1) is 11.7. The molecule has 0 heterocycles. The molecule has 0 radical (unpaired) electrons. The van der Waals surface area contributed by atoms with Crippen molar-refractivity contribution >= 4 is 5.91 Å². The number of methoxy groups -OCH3 is 1. The van der Waals surface area contributed by atoms with Gasteiger partial charge >= 0.3 is 0 Å². The summed E-state index contributed by atoms with van der Waals surface area (Å²) in [6.45, 7) is 2.06. The molecule has 15 heavy (non-hydrogen) atoms. The van der Waals surface area contributed by atoms with Crippen molar-refractivity contribution in [2.75, 3.05) is 7.11 Å². The van der Waals surface area contributed by atoms with E-state index in [-0.39, 0.29) is 12.1 Å². The largest absolute Gasteiger partial charge is 0.362 e. The standard InChI is InChI=1S/C12H17NO2/c1-3-7-11(15-2)13-12(14)10-8-5-4-6-9-10/h4-6,8-9,11H,3,7H2,1-2H3,(H,13,14). The zero-order chi connectivity index (χ0) is 11.1. The second-order valence-corrected chi connectivity index (χ2v) is 3.35. The Morgan fingerprint density at radius 1 is 1.40 bits per heavy atom. The fraction of sp³-hybridized carbons (Fsp3) is 0.417. The third-order valence-corrected chi connectivity index (χ3v) is 2.16. The molecule has 0 aliphatic carbocycles. The van der Waals surface area contributed by atoms with Crippen molar-refractivity contribution < 1.29 is 9.53 Å². The van der Waals surface area contributed by atoms with E-state index in [0.717, 1.165) is 12.8 Å². The molecule has 1 aromatic rings. The number of hydrogen-bond acceptors (Lipinski definition) is 2. The van der Waals surface area contributed by atoms with Gasteiger partial charge in [-0.25, -0.2) is 0 Å². The molecule has 0 fully saturated rings. The molecule has 0 saturated heterocycles. The second-order valence-electron chi connectivity index (χ2n) is 3.35.